The topological polar surface area (TPSA) is 38.3 Å². The highest BCUT2D eigenvalue weighted by molar-refractivity contribution is 5.99. The Morgan fingerprint density at radius 1 is 1.00 bits per heavy atom. The predicted molar refractivity (Wildman–Crippen MR) is 102 cm³/mol. The van der Waals surface area contributed by atoms with Crippen molar-refractivity contribution in [3.8, 4) is 5.75 Å². The molecule has 0 spiro atoms. The van der Waals surface area contributed by atoms with E-state index in [-0.39, 0.29) is 5.91 Å². The van der Waals surface area contributed by atoms with Crippen molar-refractivity contribution in [2.45, 2.75) is 51.4 Å². The van der Waals surface area contributed by atoms with E-state index in [0.29, 0.717) is 0 Å². The fourth-order valence-electron chi connectivity index (χ4n) is 3.88. The highest BCUT2D eigenvalue weighted by Gasteiger charge is 2.41. The van der Waals surface area contributed by atoms with Crippen LogP contribution in [0.4, 0.5) is 5.69 Å². The Bertz CT molecular complexity index is 743. The van der Waals surface area contributed by atoms with Crippen LogP contribution in [0, 0.1) is 13.8 Å². The number of carbonyl (C=O) groups is 1. The highest BCUT2D eigenvalue weighted by atomic mass is 16.5. The molecule has 3 rings (SSSR count). The fraction of sp³-hybridized carbons (Fsp3) is 0.409. The molecule has 25 heavy (non-hydrogen) atoms. The van der Waals surface area contributed by atoms with Gasteiger partial charge in [-0.25, -0.2) is 0 Å². The van der Waals surface area contributed by atoms with Crippen LogP contribution in [0.25, 0.3) is 0 Å². The quantitative estimate of drug-likeness (QED) is 0.837. The van der Waals surface area contributed by atoms with Crippen molar-refractivity contribution in [2.24, 2.45) is 0 Å². The van der Waals surface area contributed by atoms with E-state index < -0.39 is 5.41 Å². The molecule has 2 aromatic rings. The molecule has 0 heterocycles. The number of benzene rings is 2. The summed E-state index contributed by atoms with van der Waals surface area (Å²) in [6, 6.07) is 14.3. The molecule has 0 saturated heterocycles. The normalized spacial score (nSPS) is 16.3. The first-order chi connectivity index (χ1) is 12.0. The van der Waals surface area contributed by atoms with E-state index in [9.17, 15) is 4.79 Å². The van der Waals surface area contributed by atoms with Gasteiger partial charge in [0, 0.05) is 5.69 Å². The van der Waals surface area contributed by atoms with E-state index in [2.05, 4.69) is 36.5 Å². The predicted octanol–water partition coefficient (Wildman–Crippen LogP) is 5.15. The summed E-state index contributed by atoms with van der Waals surface area (Å²) in [5.41, 5.74) is 3.80. The monoisotopic (exact) mass is 337 g/mol. The minimum atomic E-state index is -0.417. The van der Waals surface area contributed by atoms with E-state index in [1.165, 1.54) is 12.0 Å². The average molecular weight is 337 g/mol. The van der Waals surface area contributed by atoms with Gasteiger partial charge in [0.25, 0.3) is 0 Å². The minimum Gasteiger partial charge on any atom is -0.496 e. The molecule has 0 unspecified atom stereocenters. The Morgan fingerprint density at radius 2 is 1.68 bits per heavy atom. The molecule has 1 amide bonds. The molecule has 2 aromatic carbocycles. The summed E-state index contributed by atoms with van der Waals surface area (Å²) in [5, 5.41) is 3.16. The highest BCUT2D eigenvalue weighted by Crippen LogP contribution is 2.40. The van der Waals surface area contributed by atoms with Gasteiger partial charge in [0.05, 0.1) is 12.5 Å². The number of methoxy groups -OCH3 is 1. The largest absolute Gasteiger partial charge is 0.496 e. The number of amides is 1. The van der Waals surface area contributed by atoms with Crippen molar-refractivity contribution in [1.82, 2.24) is 0 Å². The molecular formula is C22H27NO2. The summed E-state index contributed by atoms with van der Waals surface area (Å²) in [5.74, 6) is 0.949. The lowest BCUT2D eigenvalue weighted by molar-refractivity contribution is -0.122. The molecule has 0 aliphatic heterocycles. The van der Waals surface area contributed by atoms with Gasteiger partial charge in [-0.15, -0.1) is 0 Å². The number of carbonyl (C=O) groups excluding carboxylic acids is 1. The Hall–Kier alpha value is -2.29. The van der Waals surface area contributed by atoms with Gasteiger partial charge in [0.1, 0.15) is 5.75 Å². The second-order valence-electron chi connectivity index (χ2n) is 7.15. The number of nitrogens with one attached hydrogen (secondary N) is 1. The van der Waals surface area contributed by atoms with E-state index in [0.717, 1.165) is 48.2 Å². The molecule has 1 saturated carbocycles. The second kappa shape index (κ2) is 7.30. The molecule has 0 aromatic heterocycles. The summed E-state index contributed by atoms with van der Waals surface area (Å²) < 4.78 is 5.31. The minimum absolute atomic E-state index is 0.112. The molecule has 1 aliphatic rings. The molecule has 3 nitrogen and oxygen atoms in total. The zero-order chi connectivity index (χ0) is 17.9. The summed E-state index contributed by atoms with van der Waals surface area (Å²) in [4.78, 5) is 13.3. The Kier molecular flexibility index (Phi) is 5.12. The molecular weight excluding hydrogens is 310 g/mol. The third-order valence-corrected chi connectivity index (χ3v) is 5.40. The third-order valence-electron chi connectivity index (χ3n) is 5.40. The molecule has 132 valence electrons. The molecule has 0 radical (unpaired) electrons. The van der Waals surface area contributed by atoms with Gasteiger partial charge in [-0.1, -0.05) is 49.1 Å². The smallest absolute Gasteiger partial charge is 0.235 e. The van der Waals surface area contributed by atoms with Gasteiger partial charge in [0.2, 0.25) is 5.91 Å². The van der Waals surface area contributed by atoms with Crippen molar-refractivity contribution in [3.05, 3.63) is 59.2 Å². The molecule has 1 aliphatic carbocycles. The lowest BCUT2D eigenvalue weighted by Crippen LogP contribution is -2.42. The van der Waals surface area contributed by atoms with Gasteiger partial charge in [0.15, 0.2) is 0 Å². The summed E-state index contributed by atoms with van der Waals surface area (Å²) >= 11 is 0. The summed E-state index contributed by atoms with van der Waals surface area (Å²) in [6.07, 6.45) is 5.24. The van der Waals surface area contributed by atoms with Gasteiger partial charge in [-0.3, -0.25) is 4.79 Å². The maximum absolute atomic E-state index is 13.3. The van der Waals surface area contributed by atoms with E-state index in [4.69, 9.17) is 4.74 Å². The Morgan fingerprint density at radius 3 is 2.28 bits per heavy atom. The zero-order valence-electron chi connectivity index (χ0n) is 15.4. The Labute approximate surface area is 150 Å². The number of ether oxygens (including phenoxy) is 1. The van der Waals surface area contributed by atoms with Crippen LogP contribution in [0.5, 0.6) is 5.75 Å². The first-order valence-electron chi connectivity index (χ1n) is 9.08. The van der Waals surface area contributed by atoms with Crippen LogP contribution in [0.3, 0.4) is 0 Å². The van der Waals surface area contributed by atoms with Crippen LogP contribution < -0.4 is 10.1 Å². The third kappa shape index (κ3) is 3.55. The number of hydrogen-bond donors (Lipinski definition) is 1. The molecule has 1 fully saturated rings. The van der Waals surface area contributed by atoms with Gasteiger partial charge < -0.3 is 10.1 Å². The SMILES string of the molecule is COc1ccc(NC(=O)C2(c3ccc(C)cc3)CCCCC2)cc1C. The lowest BCUT2D eigenvalue weighted by atomic mass is 9.68. The van der Waals surface area contributed by atoms with Crippen molar-refractivity contribution in [1.29, 1.82) is 0 Å². The van der Waals surface area contributed by atoms with Crippen LogP contribution in [0.1, 0.15) is 48.8 Å². The van der Waals surface area contributed by atoms with E-state index in [1.54, 1.807) is 7.11 Å². The maximum Gasteiger partial charge on any atom is 0.235 e. The van der Waals surface area contributed by atoms with Gasteiger partial charge >= 0.3 is 0 Å². The molecule has 1 N–H and O–H groups in total. The van der Waals surface area contributed by atoms with Crippen LogP contribution in [-0.4, -0.2) is 13.0 Å². The molecule has 0 atom stereocenters. The first-order valence-corrected chi connectivity index (χ1v) is 9.08. The Balaban J connectivity index is 1.89. The van der Waals surface area contributed by atoms with Crippen molar-refractivity contribution in [2.75, 3.05) is 12.4 Å². The van der Waals surface area contributed by atoms with Crippen LogP contribution in [0.15, 0.2) is 42.5 Å². The molecule has 0 bridgehead atoms. The zero-order valence-corrected chi connectivity index (χ0v) is 15.4. The van der Waals surface area contributed by atoms with Crippen molar-refractivity contribution < 1.29 is 9.53 Å². The number of hydrogen-bond acceptors (Lipinski definition) is 2. The van der Waals surface area contributed by atoms with Crippen LogP contribution >= 0.6 is 0 Å². The number of aryl methyl sites for hydroxylation is 2. The second-order valence-corrected chi connectivity index (χ2v) is 7.15. The lowest BCUT2D eigenvalue weighted by Gasteiger charge is -2.36. The maximum atomic E-state index is 13.3. The standard InChI is InChI=1S/C22H27NO2/c1-16-7-9-18(10-8-16)22(13-5-4-6-14-22)21(24)23-19-11-12-20(25-3)17(2)15-19/h7-12,15H,4-6,13-14H2,1-3H3,(H,23,24). The first kappa shape index (κ1) is 17.5. The van der Waals surface area contributed by atoms with Crippen LogP contribution in [0.2, 0.25) is 0 Å². The van der Waals surface area contributed by atoms with Gasteiger partial charge in [-0.2, -0.15) is 0 Å². The number of anilines is 1. The fourth-order valence-corrected chi connectivity index (χ4v) is 3.88. The summed E-state index contributed by atoms with van der Waals surface area (Å²) in [6.45, 7) is 4.07. The van der Waals surface area contributed by atoms with E-state index in [1.807, 2.05) is 25.1 Å². The number of rotatable bonds is 4. The van der Waals surface area contributed by atoms with Crippen LogP contribution in [-0.2, 0) is 10.2 Å². The van der Waals surface area contributed by atoms with E-state index >= 15 is 0 Å². The average Bonchev–Trinajstić information content (AvgIpc) is 2.63. The van der Waals surface area contributed by atoms with Crippen molar-refractivity contribution in [3.63, 3.8) is 0 Å². The molecule has 3 heteroatoms. The van der Waals surface area contributed by atoms with Crippen molar-refractivity contribution >= 4 is 11.6 Å². The van der Waals surface area contributed by atoms with Gasteiger partial charge in [-0.05, 0) is 56.0 Å². The summed E-state index contributed by atoms with van der Waals surface area (Å²) in [7, 11) is 1.66.